The van der Waals surface area contributed by atoms with Crippen molar-refractivity contribution >= 4 is 17.3 Å². The van der Waals surface area contributed by atoms with E-state index >= 15 is 0 Å². The molecule has 18 heavy (non-hydrogen) atoms. The molecule has 4 N–H and O–H groups in total. The molecule has 1 aliphatic heterocycles. The summed E-state index contributed by atoms with van der Waals surface area (Å²) in [5.74, 6) is -0.394. The quantitative estimate of drug-likeness (QED) is 0.785. The molecule has 98 valence electrons. The Morgan fingerprint density at radius 1 is 1.28 bits per heavy atom. The molecule has 1 amide bonds. The zero-order chi connectivity index (χ0) is 13.3. The predicted octanol–water partition coefficient (Wildman–Crippen LogP) is 1.99. The first-order chi connectivity index (χ1) is 8.39. The van der Waals surface area contributed by atoms with Crippen molar-refractivity contribution in [1.29, 1.82) is 0 Å². The molecule has 0 bridgehead atoms. The van der Waals surface area contributed by atoms with E-state index in [0.717, 1.165) is 31.6 Å². The van der Waals surface area contributed by atoms with Crippen molar-refractivity contribution in [2.24, 2.45) is 11.1 Å². The molecule has 1 aromatic carbocycles. The molecule has 1 fully saturated rings. The Morgan fingerprint density at radius 2 is 1.89 bits per heavy atom. The number of hydrogen-bond donors (Lipinski definition) is 2. The van der Waals surface area contributed by atoms with E-state index in [9.17, 15) is 4.79 Å². The molecule has 0 aromatic heterocycles. The van der Waals surface area contributed by atoms with E-state index in [4.69, 9.17) is 11.5 Å². The van der Waals surface area contributed by atoms with Crippen LogP contribution in [0.3, 0.4) is 0 Å². The Hall–Kier alpha value is -1.71. The van der Waals surface area contributed by atoms with Gasteiger partial charge in [0.15, 0.2) is 0 Å². The van der Waals surface area contributed by atoms with Gasteiger partial charge in [0.05, 0.1) is 11.3 Å². The maximum Gasteiger partial charge on any atom is 0.250 e. The Bertz CT molecular complexity index is 458. The number of nitrogens with zero attached hydrogens (tertiary/aromatic N) is 1. The van der Waals surface area contributed by atoms with Gasteiger partial charge in [0.25, 0.3) is 5.91 Å². The number of nitrogens with two attached hydrogens (primary N) is 2. The fourth-order valence-corrected chi connectivity index (χ4v) is 2.37. The lowest BCUT2D eigenvalue weighted by atomic mass is 9.82. The third-order valence-corrected chi connectivity index (χ3v) is 3.74. The van der Waals surface area contributed by atoms with Gasteiger partial charge >= 0.3 is 0 Å². The number of carbonyl (C=O) groups excluding carboxylic acids is 1. The molecule has 2 rings (SSSR count). The second-order valence-corrected chi connectivity index (χ2v) is 5.79. The van der Waals surface area contributed by atoms with Gasteiger partial charge in [-0.2, -0.15) is 0 Å². The topological polar surface area (TPSA) is 72.3 Å². The Morgan fingerprint density at radius 3 is 2.44 bits per heavy atom. The van der Waals surface area contributed by atoms with Gasteiger partial charge in [0.1, 0.15) is 0 Å². The van der Waals surface area contributed by atoms with E-state index in [-0.39, 0.29) is 0 Å². The summed E-state index contributed by atoms with van der Waals surface area (Å²) < 4.78 is 0. The van der Waals surface area contributed by atoms with Gasteiger partial charge < -0.3 is 16.4 Å². The highest BCUT2D eigenvalue weighted by Crippen LogP contribution is 2.34. The average Bonchev–Trinajstić information content (AvgIpc) is 2.28. The first-order valence-corrected chi connectivity index (χ1v) is 6.33. The lowest BCUT2D eigenvalue weighted by molar-refractivity contribution is 0.100. The van der Waals surface area contributed by atoms with E-state index in [0.29, 0.717) is 16.7 Å². The summed E-state index contributed by atoms with van der Waals surface area (Å²) in [6.07, 6.45) is 2.22. The predicted molar refractivity (Wildman–Crippen MR) is 74.6 cm³/mol. The van der Waals surface area contributed by atoms with E-state index in [1.54, 1.807) is 12.1 Å². The molecule has 0 atom stereocenters. The van der Waals surface area contributed by atoms with Crippen LogP contribution in [-0.2, 0) is 0 Å². The van der Waals surface area contributed by atoms with Crippen molar-refractivity contribution in [3.8, 4) is 0 Å². The molecule has 0 unspecified atom stereocenters. The summed E-state index contributed by atoms with van der Waals surface area (Å²) in [6.45, 7) is 6.44. The van der Waals surface area contributed by atoms with Crippen LogP contribution in [0.2, 0.25) is 0 Å². The fraction of sp³-hybridized carbons (Fsp3) is 0.500. The monoisotopic (exact) mass is 247 g/mol. The summed E-state index contributed by atoms with van der Waals surface area (Å²) in [5.41, 5.74) is 13.7. The van der Waals surface area contributed by atoms with Crippen molar-refractivity contribution in [2.75, 3.05) is 23.7 Å². The van der Waals surface area contributed by atoms with Gasteiger partial charge in [0.2, 0.25) is 0 Å². The fourth-order valence-electron chi connectivity index (χ4n) is 2.37. The second kappa shape index (κ2) is 4.52. The summed E-state index contributed by atoms with van der Waals surface area (Å²) in [6, 6.07) is 5.28. The van der Waals surface area contributed by atoms with Gasteiger partial charge in [-0.05, 0) is 36.5 Å². The van der Waals surface area contributed by atoms with Crippen LogP contribution >= 0.6 is 0 Å². The number of primary amides is 1. The van der Waals surface area contributed by atoms with Crippen molar-refractivity contribution in [1.82, 2.24) is 0 Å². The molecular formula is C14H21N3O. The SMILES string of the molecule is CC1(C)CCN(c2cc(N)ccc2C(N)=O)CC1. The van der Waals surface area contributed by atoms with Gasteiger partial charge in [-0.15, -0.1) is 0 Å². The van der Waals surface area contributed by atoms with Crippen molar-refractivity contribution in [2.45, 2.75) is 26.7 Å². The molecule has 0 aliphatic carbocycles. The normalized spacial score (nSPS) is 18.7. The van der Waals surface area contributed by atoms with Crippen molar-refractivity contribution < 1.29 is 4.79 Å². The largest absolute Gasteiger partial charge is 0.399 e. The maximum absolute atomic E-state index is 11.5. The van der Waals surface area contributed by atoms with E-state index in [1.807, 2.05) is 6.07 Å². The smallest absolute Gasteiger partial charge is 0.250 e. The summed E-state index contributed by atoms with van der Waals surface area (Å²) in [7, 11) is 0. The third kappa shape index (κ3) is 2.58. The molecule has 4 heteroatoms. The minimum Gasteiger partial charge on any atom is -0.399 e. The van der Waals surface area contributed by atoms with Crippen LogP contribution in [0.1, 0.15) is 37.0 Å². The summed E-state index contributed by atoms with van der Waals surface area (Å²) in [4.78, 5) is 13.7. The summed E-state index contributed by atoms with van der Waals surface area (Å²) >= 11 is 0. The number of carbonyl (C=O) groups is 1. The Balaban J connectivity index is 2.28. The van der Waals surface area contributed by atoms with E-state index < -0.39 is 5.91 Å². The first-order valence-electron chi connectivity index (χ1n) is 6.33. The molecule has 1 saturated heterocycles. The standard InChI is InChI=1S/C14H21N3O/c1-14(2)5-7-17(8-6-14)12-9-10(15)3-4-11(12)13(16)18/h3-4,9H,5-8,15H2,1-2H3,(H2,16,18). The van der Waals surface area contributed by atoms with Crippen LogP contribution in [0.15, 0.2) is 18.2 Å². The molecule has 1 aliphatic rings. The van der Waals surface area contributed by atoms with Gasteiger partial charge in [-0.1, -0.05) is 13.8 Å². The molecule has 1 heterocycles. The molecule has 0 saturated carbocycles. The number of piperidine rings is 1. The number of benzene rings is 1. The number of nitrogen functional groups attached to an aromatic ring is 1. The van der Waals surface area contributed by atoms with Gasteiger partial charge in [0, 0.05) is 18.8 Å². The molecule has 0 spiro atoms. The Labute approximate surface area is 108 Å². The number of hydrogen-bond acceptors (Lipinski definition) is 3. The molecule has 0 radical (unpaired) electrons. The summed E-state index contributed by atoms with van der Waals surface area (Å²) in [5, 5.41) is 0. The highest BCUT2D eigenvalue weighted by atomic mass is 16.1. The minimum atomic E-state index is -0.394. The van der Waals surface area contributed by atoms with Gasteiger partial charge in [-0.25, -0.2) is 0 Å². The van der Waals surface area contributed by atoms with Crippen LogP contribution in [0.5, 0.6) is 0 Å². The average molecular weight is 247 g/mol. The van der Waals surface area contributed by atoms with Crippen LogP contribution in [-0.4, -0.2) is 19.0 Å². The maximum atomic E-state index is 11.5. The van der Waals surface area contributed by atoms with E-state index in [2.05, 4.69) is 18.7 Å². The second-order valence-electron chi connectivity index (χ2n) is 5.79. The third-order valence-electron chi connectivity index (χ3n) is 3.74. The van der Waals surface area contributed by atoms with E-state index in [1.165, 1.54) is 0 Å². The van der Waals surface area contributed by atoms with Crippen LogP contribution in [0.25, 0.3) is 0 Å². The Kier molecular flexibility index (Phi) is 3.20. The minimum absolute atomic E-state index is 0.379. The molecular weight excluding hydrogens is 226 g/mol. The lowest BCUT2D eigenvalue weighted by Crippen LogP contribution is -2.38. The van der Waals surface area contributed by atoms with Crippen molar-refractivity contribution in [3.63, 3.8) is 0 Å². The number of anilines is 2. The van der Waals surface area contributed by atoms with Crippen LogP contribution in [0, 0.1) is 5.41 Å². The number of rotatable bonds is 2. The molecule has 4 nitrogen and oxygen atoms in total. The number of amides is 1. The molecule has 1 aromatic rings. The highest BCUT2D eigenvalue weighted by molar-refractivity contribution is 5.99. The zero-order valence-electron chi connectivity index (χ0n) is 11.1. The lowest BCUT2D eigenvalue weighted by Gasteiger charge is -2.38. The highest BCUT2D eigenvalue weighted by Gasteiger charge is 2.27. The first kappa shape index (κ1) is 12.7. The van der Waals surface area contributed by atoms with Crippen LogP contribution in [0.4, 0.5) is 11.4 Å². The van der Waals surface area contributed by atoms with Crippen molar-refractivity contribution in [3.05, 3.63) is 23.8 Å². The van der Waals surface area contributed by atoms with Crippen LogP contribution < -0.4 is 16.4 Å². The zero-order valence-corrected chi connectivity index (χ0v) is 11.1. The van der Waals surface area contributed by atoms with Gasteiger partial charge in [-0.3, -0.25) is 4.79 Å².